The molecule has 6 aromatic rings. The maximum absolute atomic E-state index is 12.9. The number of ether oxygens (including phenoxy) is 4. The summed E-state index contributed by atoms with van der Waals surface area (Å²) in [7, 11) is -7.43. The molecule has 0 aliphatic carbocycles. The minimum atomic E-state index is -3.72. The molecule has 9 heterocycles. The number of nitrogens with zero attached hydrogens (tertiary/aromatic N) is 10. The highest BCUT2D eigenvalue weighted by Crippen LogP contribution is 2.44. The minimum absolute atomic E-state index is 0.0245. The van der Waals surface area contributed by atoms with Crippen LogP contribution in [0.2, 0.25) is 0 Å². The molecule has 4 aromatic heterocycles. The molecule has 3 fully saturated rings. The number of carbonyl (C=O) groups is 4. The highest BCUT2D eigenvalue weighted by Gasteiger charge is 2.58. The summed E-state index contributed by atoms with van der Waals surface area (Å²) in [5, 5.41) is 36.6. The van der Waals surface area contributed by atoms with Gasteiger partial charge in [0.15, 0.2) is 64.4 Å². The van der Waals surface area contributed by atoms with Crippen molar-refractivity contribution in [2.24, 2.45) is 0 Å². The first-order chi connectivity index (χ1) is 38.8. The Morgan fingerprint density at radius 2 is 1.04 bits per heavy atom. The number of anilines is 4. The molecule has 2 aromatic carbocycles. The van der Waals surface area contributed by atoms with Crippen LogP contribution in [0.5, 0.6) is 0 Å². The number of urea groups is 2. The van der Waals surface area contributed by atoms with Crippen LogP contribution in [0.15, 0.2) is 108 Å². The van der Waals surface area contributed by atoms with E-state index in [4.69, 9.17) is 18.9 Å². The molecule has 0 saturated carbocycles. The van der Waals surface area contributed by atoms with Crippen molar-refractivity contribution in [2.45, 2.75) is 92.4 Å². The SMILES string of the molecule is CCNC(=O)[C@H]1O[C@@H](n2cnc3c(NC(=O)Nc4cccc(S(=O)(=O)N5CC=CC5)c4)ncnc32)[C@@H]2OC(C)(C)O[C@@H]21.CCNC(=O)[C@H]1O[C@@H](n2cnc3c(NC(=O)Nc4cccc(S(=O)(=O)N5CC=CC5)c4)ncnc32)[C@H](O)[C@@H]1O. The second kappa shape index (κ2) is 22.9. The summed E-state index contributed by atoms with van der Waals surface area (Å²) < 4.78 is 80.8. The Kier molecular flexibility index (Phi) is 15.9. The Labute approximate surface area is 462 Å². The van der Waals surface area contributed by atoms with Gasteiger partial charge in [-0.2, -0.15) is 8.61 Å². The molecule has 6 amide bonds. The van der Waals surface area contributed by atoms with Crippen molar-refractivity contribution in [3.05, 3.63) is 98.1 Å². The predicted molar refractivity (Wildman–Crippen MR) is 286 cm³/mol. The Morgan fingerprint density at radius 3 is 1.52 bits per heavy atom. The van der Waals surface area contributed by atoms with E-state index in [1.165, 1.54) is 62.5 Å². The van der Waals surface area contributed by atoms with Gasteiger partial charge >= 0.3 is 12.1 Å². The number of fused-ring (bicyclic) bond motifs is 3. The van der Waals surface area contributed by atoms with E-state index in [-0.39, 0.29) is 68.5 Å². The van der Waals surface area contributed by atoms with Gasteiger partial charge in [-0.15, -0.1) is 0 Å². The van der Waals surface area contributed by atoms with Crippen LogP contribution in [0, 0.1) is 0 Å². The minimum Gasteiger partial charge on any atom is -0.387 e. The Hall–Kier alpha value is -7.92. The van der Waals surface area contributed by atoms with Crippen molar-refractivity contribution < 1.29 is 65.2 Å². The number of aromatic nitrogens is 8. The number of imidazole rings is 2. The summed E-state index contributed by atoms with van der Waals surface area (Å²) in [6.45, 7) is 8.97. The number of sulfonamides is 2. The van der Waals surface area contributed by atoms with E-state index in [2.05, 4.69) is 61.8 Å². The van der Waals surface area contributed by atoms with Crippen molar-refractivity contribution in [2.75, 3.05) is 60.5 Å². The van der Waals surface area contributed by atoms with Crippen LogP contribution in [0.25, 0.3) is 22.3 Å². The average Bonchev–Trinajstić information content (AvgIpc) is 4.32. The van der Waals surface area contributed by atoms with Crippen LogP contribution < -0.4 is 31.9 Å². The number of likely N-dealkylation sites (N-methyl/N-ethyl adjacent to an activating group) is 2. The van der Waals surface area contributed by atoms with E-state index >= 15 is 0 Å². The molecular weight excluding hydrogens is 1100 g/mol. The molecule has 30 nitrogen and oxygen atoms in total. The molecule has 5 aliphatic heterocycles. The number of benzene rings is 2. The zero-order valence-corrected chi connectivity index (χ0v) is 45.3. The number of aliphatic hydroxyl groups excluding tert-OH is 2. The van der Waals surface area contributed by atoms with Gasteiger partial charge in [-0.3, -0.25) is 29.4 Å². The van der Waals surface area contributed by atoms with Crippen LogP contribution in [0.1, 0.15) is 40.2 Å². The van der Waals surface area contributed by atoms with E-state index in [1.807, 2.05) is 6.92 Å². The van der Waals surface area contributed by atoms with Gasteiger partial charge in [-0.1, -0.05) is 36.4 Å². The van der Waals surface area contributed by atoms with Crippen molar-refractivity contribution >= 4 is 89.3 Å². The zero-order valence-electron chi connectivity index (χ0n) is 43.7. The Bertz CT molecular complexity index is 3670. The number of carbonyl (C=O) groups excluding carboxylic acids is 4. The van der Waals surface area contributed by atoms with Gasteiger partial charge in [-0.25, -0.2) is 56.3 Å². The van der Waals surface area contributed by atoms with E-state index in [0.29, 0.717) is 31.8 Å². The maximum atomic E-state index is 12.9. The highest BCUT2D eigenvalue weighted by molar-refractivity contribution is 7.89. The van der Waals surface area contributed by atoms with Crippen molar-refractivity contribution in [3.63, 3.8) is 0 Å². The van der Waals surface area contributed by atoms with Gasteiger partial charge < -0.3 is 50.4 Å². The topological polar surface area (TPSA) is 380 Å². The van der Waals surface area contributed by atoms with Crippen LogP contribution in [-0.4, -0.2) is 180 Å². The molecular formula is C49H56N16O14S2. The average molecular weight is 1160 g/mol. The van der Waals surface area contributed by atoms with E-state index in [1.54, 1.807) is 67.8 Å². The first kappa shape index (κ1) is 56.4. The Balaban J connectivity index is 0.000000182. The largest absolute Gasteiger partial charge is 0.387 e. The van der Waals surface area contributed by atoms with Crippen LogP contribution in [0.3, 0.4) is 0 Å². The van der Waals surface area contributed by atoms with Gasteiger partial charge in [0.25, 0.3) is 11.8 Å². The molecule has 3 saturated heterocycles. The zero-order chi connectivity index (χ0) is 57.4. The molecule has 0 unspecified atom stereocenters. The fraction of sp³-hybridized carbons (Fsp3) is 0.388. The smallest absolute Gasteiger partial charge is 0.324 e. The highest BCUT2D eigenvalue weighted by atomic mass is 32.2. The predicted octanol–water partition coefficient (Wildman–Crippen LogP) is 1.37. The quantitative estimate of drug-likeness (QED) is 0.0714. The third-order valence-corrected chi connectivity index (χ3v) is 16.9. The summed E-state index contributed by atoms with van der Waals surface area (Å²) in [5.74, 6) is -1.68. The first-order valence-corrected chi connectivity index (χ1v) is 28.3. The lowest BCUT2D eigenvalue weighted by Gasteiger charge is -2.24. The monoisotopic (exact) mass is 1160 g/mol. The van der Waals surface area contributed by atoms with Crippen molar-refractivity contribution in [3.8, 4) is 0 Å². The molecule has 81 heavy (non-hydrogen) atoms. The lowest BCUT2D eigenvalue weighted by molar-refractivity contribution is -0.197. The summed E-state index contributed by atoms with van der Waals surface area (Å²) in [6.07, 6.45) is 3.88. The molecule has 8 atom stereocenters. The summed E-state index contributed by atoms with van der Waals surface area (Å²) >= 11 is 0. The fourth-order valence-corrected chi connectivity index (χ4v) is 12.3. The van der Waals surface area contributed by atoms with Crippen LogP contribution in [0.4, 0.5) is 32.6 Å². The van der Waals surface area contributed by atoms with Gasteiger partial charge in [0.05, 0.1) is 22.4 Å². The van der Waals surface area contributed by atoms with Crippen LogP contribution in [-0.2, 0) is 48.6 Å². The van der Waals surface area contributed by atoms with Crippen molar-refractivity contribution in [1.29, 1.82) is 0 Å². The first-order valence-electron chi connectivity index (χ1n) is 25.4. The molecule has 428 valence electrons. The molecule has 11 rings (SSSR count). The van der Waals surface area contributed by atoms with Gasteiger partial charge in [0.2, 0.25) is 20.0 Å². The molecule has 0 bridgehead atoms. The lowest BCUT2D eigenvalue weighted by atomic mass is 10.1. The van der Waals surface area contributed by atoms with Gasteiger partial charge in [0, 0.05) is 50.6 Å². The van der Waals surface area contributed by atoms with E-state index < -0.39 is 92.9 Å². The van der Waals surface area contributed by atoms with Crippen molar-refractivity contribution in [1.82, 2.24) is 58.3 Å². The lowest BCUT2D eigenvalue weighted by Crippen LogP contribution is -2.42. The number of amides is 6. The molecule has 0 spiro atoms. The number of aliphatic hydroxyl groups is 2. The second-order valence-electron chi connectivity index (χ2n) is 19.1. The van der Waals surface area contributed by atoms with E-state index in [0.717, 1.165) is 6.33 Å². The second-order valence-corrected chi connectivity index (χ2v) is 23.0. The number of rotatable bonds is 14. The normalized spacial score (nSPS) is 24.2. The molecule has 8 N–H and O–H groups in total. The number of hydrogen-bond acceptors (Lipinski definition) is 20. The molecule has 0 radical (unpaired) electrons. The van der Waals surface area contributed by atoms with Gasteiger partial charge in [-0.05, 0) is 64.1 Å². The standard InChI is InChI=1S/C26H30N8O7S.C23H26N8O7S/c1-4-27-23(35)19-18-20(41-26(2,3)40-18)24(39-19)34-14-30-17-21(28-13-29-22(17)34)32-25(36)31-15-8-7-9-16(12-15)42(37,38)33-10-5-6-11-33;1-2-24-21(34)18-16(32)17(33)22(38-18)31-12-27-15-19(25-11-26-20(15)31)29-23(35)28-13-6-5-7-14(10-13)39(36,37)30-8-3-4-9-30/h5-9,12-14,18-20,24H,4,10-11H2,1-3H3,(H,27,35)(H2,28,29,31,32,36);3-7,10-12,16-18,22,32-33H,2,8-9H2,1H3,(H,24,34)(H2,25,26,28,29,35)/t18-,19+,20-,24-;16-,17+,18-,22+/m10/s1. The summed E-state index contributed by atoms with van der Waals surface area (Å²) in [5.41, 5.74) is 1.44. The molecule has 32 heteroatoms. The summed E-state index contributed by atoms with van der Waals surface area (Å²) in [6, 6.07) is 10.5. The Morgan fingerprint density at radius 1 is 0.593 bits per heavy atom. The van der Waals surface area contributed by atoms with Gasteiger partial charge in [0.1, 0.15) is 37.1 Å². The number of nitrogens with one attached hydrogen (secondary N) is 6. The number of hydrogen-bond donors (Lipinski definition) is 8. The third kappa shape index (κ3) is 11.4. The third-order valence-electron chi connectivity index (χ3n) is 13.2. The summed E-state index contributed by atoms with van der Waals surface area (Å²) in [4.78, 5) is 76.0. The van der Waals surface area contributed by atoms with Crippen LogP contribution >= 0.6 is 0 Å². The molecule has 5 aliphatic rings. The van der Waals surface area contributed by atoms with E-state index in [9.17, 15) is 46.2 Å². The maximum Gasteiger partial charge on any atom is 0.324 e. The fourth-order valence-electron chi connectivity index (χ4n) is 9.54.